The number of ether oxygens (including phenoxy) is 1. The zero-order valence-corrected chi connectivity index (χ0v) is 14.4. The Balaban J connectivity index is 1.62. The normalized spacial score (nSPS) is 18.5. The molecule has 3 rings (SSSR count). The quantitative estimate of drug-likeness (QED) is 0.881. The lowest BCUT2D eigenvalue weighted by Crippen LogP contribution is -2.44. The van der Waals surface area contributed by atoms with Crippen LogP contribution >= 0.6 is 0 Å². The number of carbonyl (C=O) groups is 1. The van der Waals surface area contributed by atoms with Gasteiger partial charge in [0.25, 0.3) is 0 Å². The lowest BCUT2D eigenvalue weighted by atomic mass is 9.94. The van der Waals surface area contributed by atoms with Gasteiger partial charge in [-0.1, -0.05) is 24.3 Å². The Hall–Kier alpha value is -2.53. The molecule has 2 aromatic carbocycles. The molecule has 0 aliphatic carbocycles. The number of nitrogens with one attached hydrogen (secondary N) is 1. The minimum atomic E-state index is -0.391. The van der Waals surface area contributed by atoms with Crippen LogP contribution in [0.2, 0.25) is 0 Å². The predicted molar refractivity (Wildman–Crippen MR) is 98.0 cm³/mol. The fourth-order valence-electron chi connectivity index (χ4n) is 3.05. The molecule has 0 bridgehead atoms. The molecule has 5 heteroatoms. The summed E-state index contributed by atoms with van der Waals surface area (Å²) in [6, 6.07) is 16.7. The van der Waals surface area contributed by atoms with Crippen LogP contribution in [0.1, 0.15) is 19.8 Å². The summed E-state index contributed by atoms with van der Waals surface area (Å²) in [4.78, 5) is 14.3. The summed E-state index contributed by atoms with van der Waals surface area (Å²) in [5.74, 6) is 1.57. The second kappa shape index (κ2) is 8.03. The van der Waals surface area contributed by atoms with E-state index in [0.717, 1.165) is 25.1 Å². The van der Waals surface area contributed by atoms with Gasteiger partial charge < -0.3 is 20.1 Å². The number of piperidine rings is 1. The molecular weight excluding hydrogens is 316 g/mol. The molecule has 2 atom stereocenters. The number of nitrogens with zero attached hydrogens (tertiary/aromatic N) is 1. The van der Waals surface area contributed by atoms with Gasteiger partial charge in [0.1, 0.15) is 11.5 Å². The first-order valence-corrected chi connectivity index (χ1v) is 8.69. The van der Waals surface area contributed by atoms with E-state index in [9.17, 15) is 9.90 Å². The summed E-state index contributed by atoms with van der Waals surface area (Å²) in [6.45, 7) is 3.09. The average Bonchev–Trinajstić information content (AvgIpc) is 2.63. The molecule has 0 saturated carbocycles. The van der Waals surface area contributed by atoms with Crippen molar-refractivity contribution < 1.29 is 14.6 Å². The molecule has 2 amide bonds. The lowest BCUT2D eigenvalue weighted by molar-refractivity contribution is 0.0766. The van der Waals surface area contributed by atoms with Crippen molar-refractivity contribution in [2.45, 2.75) is 25.9 Å². The zero-order chi connectivity index (χ0) is 17.6. The fourth-order valence-corrected chi connectivity index (χ4v) is 3.05. The van der Waals surface area contributed by atoms with Gasteiger partial charge in [0, 0.05) is 30.8 Å². The second-order valence-electron chi connectivity index (χ2n) is 6.46. The van der Waals surface area contributed by atoms with E-state index >= 15 is 0 Å². The molecule has 0 spiro atoms. The van der Waals surface area contributed by atoms with Gasteiger partial charge in [-0.25, -0.2) is 4.79 Å². The molecule has 1 fully saturated rings. The van der Waals surface area contributed by atoms with Crippen LogP contribution in [-0.4, -0.2) is 35.2 Å². The van der Waals surface area contributed by atoms with E-state index < -0.39 is 6.10 Å². The van der Waals surface area contributed by atoms with Gasteiger partial charge in [-0.05, 0) is 44.0 Å². The third kappa shape index (κ3) is 4.73. The number of aliphatic hydroxyl groups excluding tert-OH is 1. The molecule has 0 aromatic heterocycles. The van der Waals surface area contributed by atoms with Crippen molar-refractivity contribution in [1.82, 2.24) is 4.90 Å². The van der Waals surface area contributed by atoms with Crippen molar-refractivity contribution in [3.8, 4) is 11.5 Å². The van der Waals surface area contributed by atoms with Crippen LogP contribution in [0, 0.1) is 5.92 Å². The number of hydrogen-bond acceptors (Lipinski definition) is 3. The Labute approximate surface area is 148 Å². The van der Waals surface area contributed by atoms with Crippen LogP contribution in [-0.2, 0) is 0 Å². The van der Waals surface area contributed by atoms with Crippen LogP contribution in [0.25, 0.3) is 0 Å². The largest absolute Gasteiger partial charge is 0.457 e. The van der Waals surface area contributed by atoms with E-state index in [-0.39, 0.29) is 11.9 Å². The molecule has 1 aliphatic rings. The standard InChI is InChI=1S/C20H24N2O3/c1-15(23)16-7-6-12-22(14-16)20(24)21-17-8-5-11-19(13-17)25-18-9-3-2-4-10-18/h2-5,8-11,13,15-16,23H,6-7,12,14H2,1H3,(H,21,24)/t15-,16-/m0/s1. The van der Waals surface area contributed by atoms with Crippen LogP contribution in [0.5, 0.6) is 11.5 Å². The summed E-state index contributed by atoms with van der Waals surface area (Å²) in [5, 5.41) is 12.7. The maximum Gasteiger partial charge on any atom is 0.321 e. The molecule has 1 heterocycles. The third-order valence-electron chi connectivity index (χ3n) is 4.49. The van der Waals surface area contributed by atoms with Crippen molar-refractivity contribution >= 4 is 11.7 Å². The average molecular weight is 340 g/mol. The molecule has 132 valence electrons. The summed E-state index contributed by atoms with van der Waals surface area (Å²) < 4.78 is 5.80. The number of para-hydroxylation sites is 1. The molecule has 1 aliphatic heterocycles. The number of benzene rings is 2. The topological polar surface area (TPSA) is 61.8 Å². The third-order valence-corrected chi connectivity index (χ3v) is 4.49. The van der Waals surface area contributed by atoms with Crippen molar-refractivity contribution in [1.29, 1.82) is 0 Å². The van der Waals surface area contributed by atoms with Gasteiger partial charge in [0.15, 0.2) is 0 Å². The van der Waals surface area contributed by atoms with E-state index in [1.54, 1.807) is 17.9 Å². The Morgan fingerprint density at radius 3 is 2.72 bits per heavy atom. The zero-order valence-electron chi connectivity index (χ0n) is 14.4. The Kier molecular flexibility index (Phi) is 5.56. The maximum atomic E-state index is 12.5. The first-order chi connectivity index (χ1) is 12.1. The van der Waals surface area contributed by atoms with Crippen molar-refractivity contribution in [3.63, 3.8) is 0 Å². The highest BCUT2D eigenvalue weighted by atomic mass is 16.5. The Morgan fingerprint density at radius 2 is 1.96 bits per heavy atom. The van der Waals surface area contributed by atoms with E-state index in [0.29, 0.717) is 18.0 Å². The highest BCUT2D eigenvalue weighted by Crippen LogP contribution is 2.25. The minimum Gasteiger partial charge on any atom is -0.457 e. The first kappa shape index (κ1) is 17.3. The molecule has 2 N–H and O–H groups in total. The molecule has 25 heavy (non-hydrogen) atoms. The first-order valence-electron chi connectivity index (χ1n) is 8.69. The van der Waals surface area contributed by atoms with Crippen molar-refractivity contribution in [3.05, 3.63) is 54.6 Å². The Bertz CT molecular complexity index is 703. The number of amides is 2. The number of aliphatic hydroxyl groups is 1. The van der Waals surface area contributed by atoms with Crippen LogP contribution in [0.4, 0.5) is 10.5 Å². The maximum absolute atomic E-state index is 12.5. The van der Waals surface area contributed by atoms with Gasteiger partial charge in [-0.15, -0.1) is 0 Å². The fraction of sp³-hybridized carbons (Fsp3) is 0.350. The summed E-state index contributed by atoms with van der Waals surface area (Å²) >= 11 is 0. The van der Waals surface area contributed by atoms with Crippen LogP contribution in [0.15, 0.2) is 54.6 Å². The number of carbonyl (C=O) groups excluding carboxylic acids is 1. The number of anilines is 1. The van der Waals surface area contributed by atoms with Gasteiger partial charge in [-0.2, -0.15) is 0 Å². The second-order valence-corrected chi connectivity index (χ2v) is 6.46. The Morgan fingerprint density at radius 1 is 1.20 bits per heavy atom. The number of rotatable bonds is 4. The molecular formula is C20H24N2O3. The number of urea groups is 1. The monoisotopic (exact) mass is 340 g/mol. The highest BCUT2D eigenvalue weighted by molar-refractivity contribution is 5.89. The number of hydrogen-bond donors (Lipinski definition) is 2. The van der Waals surface area contributed by atoms with Gasteiger partial charge in [0.2, 0.25) is 0 Å². The van der Waals surface area contributed by atoms with Crippen molar-refractivity contribution in [2.24, 2.45) is 5.92 Å². The van der Waals surface area contributed by atoms with Crippen molar-refractivity contribution in [2.75, 3.05) is 18.4 Å². The van der Waals surface area contributed by atoms with Crippen LogP contribution in [0.3, 0.4) is 0 Å². The smallest absolute Gasteiger partial charge is 0.321 e. The molecule has 2 aromatic rings. The molecule has 5 nitrogen and oxygen atoms in total. The van der Waals surface area contributed by atoms with E-state index in [1.165, 1.54) is 0 Å². The molecule has 1 saturated heterocycles. The summed E-state index contributed by atoms with van der Waals surface area (Å²) in [6.07, 6.45) is 1.49. The SMILES string of the molecule is C[C@H](O)[C@H]1CCCN(C(=O)Nc2cccc(Oc3ccccc3)c2)C1. The van der Waals surface area contributed by atoms with Gasteiger partial charge >= 0.3 is 6.03 Å². The minimum absolute atomic E-state index is 0.137. The van der Waals surface area contributed by atoms with E-state index in [2.05, 4.69) is 5.32 Å². The summed E-state index contributed by atoms with van der Waals surface area (Å²) in [5.41, 5.74) is 0.692. The van der Waals surface area contributed by atoms with Gasteiger partial charge in [-0.3, -0.25) is 0 Å². The summed E-state index contributed by atoms with van der Waals surface area (Å²) in [7, 11) is 0. The number of likely N-dealkylation sites (tertiary alicyclic amines) is 1. The highest BCUT2D eigenvalue weighted by Gasteiger charge is 2.26. The van der Waals surface area contributed by atoms with E-state index in [4.69, 9.17) is 4.74 Å². The van der Waals surface area contributed by atoms with Gasteiger partial charge in [0.05, 0.1) is 6.10 Å². The lowest BCUT2D eigenvalue weighted by Gasteiger charge is -2.34. The predicted octanol–water partition coefficient (Wildman–Crippen LogP) is 4.10. The molecule has 0 unspecified atom stereocenters. The van der Waals surface area contributed by atoms with E-state index in [1.807, 2.05) is 48.5 Å². The molecule has 0 radical (unpaired) electrons. The van der Waals surface area contributed by atoms with Crippen LogP contribution < -0.4 is 10.1 Å².